The molecule has 1 amide bonds. The van der Waals surface area contributed by atoms with Gasteiger partial charge in [0.05, 0.1) is 17.1 Å². The highest BCUT2D eigenvalue weighted by Crippen LogP contribution is 2.33. The third kappa shape index (κ3) is 3.29. The Labute approximate surface area is 147 Å². The average Bonchev–Trinajstić information content (AvgIpc) is 2.98. The topological polar surface area (TPSA) is 49.3 Å². The van der Waals surface area contributed by atoms with Crippen LogP contribution in [0, 0.1) is 5.82 Å². The van der Waals surface area contributed by atoms with Crippen LogP contribution in [0.1, 0.15) is 22.2 Å². The molecule has 1 heterocycles. The first-order chi connectivity index (χ1) is 11.4. The van der Waals surface area contributed by atoms with Gasteiger partial charge < -0.3 is 10.4 Å². The summed E-state index contributed by atoms with van der Waals surface area (Å²) in [7, 11) is 0. The van der Waals surface area contributed by atoms with Crippen LogP contribution >= 0.6 is 22.9 Å². The van der Waals surface area contributed by atoms with Gasteiger partial charge in [0.1, 0.15) is 11.4 Å². The van der Waals surface area contributed by atoms with Crippen LogP contribution in [0.25, 0.3) is 10.1 Å². The zero-order chi connectivity index (χ0) is 17.3. The van der Waals surface area contributed by atoms with Crippen LogP contribution in [0.5, 0.6) is 0 Å². The second-order valence-corrected chi connectivity index (χ2v) is 7.19. The normalized spacial score (nSPS) is 13.7. The zero-order valence-corrected chi connectivity index (χ0v) is 14.4. The SMILES string of the molecule is C[C@](O)(CNC(=O)c1c(F)cccc1Cl)c1cc2ccccc2s1. The molecule has 2 aromatic carbocycles. The Morgan fingerprint density at radius 3 is 2.75 bits per heavy atom. The largest absolute Gasteiger partial charge is 0.383 e. The van der Waals surface area contributed by atoms with Crippen molar-refractivity contribution in [3.05, 3.63) is 69.8 Å². The minimum absolute atomic E-state index is 0.0361. The second-order valence-electron chi connectivity index (χ2n) is 5.70. The molecule has 1 aromatic heterocycles. The van der Waals surface area contributed by atoms with Gasteiger partial charge in [0.15, 0.2) is 0 Å². The van der Waals surface area contributed by atoms with Crippen molar-refractivity contribution in [3.63, 3.8) is 0 Å². The van der Waals surface area contributed by atoms with E-state index in [1.54, 1.807) is 6.92 Å². The van der Waals surface area contributed by atoms with Gasteiger partial charge in [-0.25, -0.2) is 4.39 Å². The number of benzene rings is 2. The lowest BCUT2D eigenvalue weighted by Crippen LogP contribution is -2.38. The number of nitrogens with one attached hydrogen (secondary N) is 1. The summed E-state index contributed by atoms with van der Waals surface area (Å²) < 4.78 is 14.8. The van der Waals surface area contributed by atoms with Gasteiger partial charge in [-0.2, -0.15) is 0 Å². The molecule has 0 bridgehead atoms. The highest BCUT2D eigenvalue weighted by Gasteiger charge is 2.27. The van der Waals surface area contributed by atoms with Crippen LogP contribution in [0.3, 0.4) is 0 Å². The van der Waals surface area contributed by atoms with Crippen molar-refractivity contribution in [1.82, 2.24) is 5.32 Å². The molecule has 24 heavy (non-hydrogen) atoms. The van der Waals surface area contributed by atoms with Crippen molar-refractivity contribution in [2.75, 3.05) is 6.54 Å². The molecule has 1 atom stereocenters. The number of fused-ring (bicyclic) bond motifs is 1. The molecule has 3 nitrogen and oxygen atoms in total. The first-order valence-corrected chi connectivity index (χ1v) is 8.51. The van der Waals surface area contributed by atoms with E-state index in [9.17, 15) is 14.3 Å². The molecule has 0 radical (unpaired) electrons. The summed E-state index contributed by atoms with van der Waals surface area (Å²) >= 11 is 7.34. The van der Waals surface area contributed by atoms with Crippen LogP contribution in [0.15, 0.2) is 48.5 Å². The lowest BCUT2D eigenvalue weighted by molar-refractivity contribution is 0.0556. The number of aliphatic hydroxyl groups is 1. The Hall–Kier alpha value is -1.95. The van der Waals surface area contributed by atoms with E-state index in [4.69, 9.17) is 11.6 Å². The van der Waals surface area contributed by atoms with Gasteiger partial charge in [-0.1, -0.05) is 35.9 Å². The third-order valence-electron chi connectivity index (χ3n) is 3.74. The summed E-state index contributed by atoms with van der Waals surface area (Å²) in [6.45, 7) is 1.56. The summed E-state index contributed by atoms with van der Waals surface area (Å²) in [5.41, 5.74) is -1.48. The van der Waals surface area contributed by atoms with E-state index in [1.165, 1.54) is 29.5 Å². The quantitative estimate of drug-likeness (QED) is 0.724. The van der Waals surface area contributed by atoms with E-state index in [2.05, 4.69) is 5.32 Å². The zero-order valence-electron chi connectivity index (χ0n) is 12.8. The maximum atomic E-state index is 13.8. The summed E-state index contributed by atoms with van der Waals surface area (Å²) in [5.74, 6) is -1.35. The Bertz CT molecular complexity index is 854. The van der Waals surface area contributed by atoms with Crippen molar-refractivity contribution in [3.8, 4) is 0 Å². The Kier molecular flexibility index (Phi) is 4.58. The first-order valence-electron chi connectivity index (χ1n) is 7.32. The fourth-order valence-corrected chi connectivity index (χ4v) is 3.75. The molecule has 0 aliphatic rings. The molecule has 0 saturated carbocycles. The van der Waals surface area contributed by atoms with Gasteiger partial charge >= 0.3 is 0 Å². The molecule has 0 saturated heterocycles. The molecular weight excluding hydrogens is 349 g/mol. The molecule has 0 fully saturated rings. The molecule has 3 rings (SSSR count). The summed E-state index contributed by atoms with van der Waals surface area (Å²) in [6.07, 6.45) is 0. The molecule has 0 spiro atoms. The lowest BCUT2D eigenvalue weighted by Gasteiger charge is -2.22. The number of thiophene rings is 1. The number of rotatable bonds is 4. The van der Waals surface area contributed by atoms with Crippen LogP contribution in [0.4, 0.5) is 4.39 Å². The predicted molar refractivity (Wildman–Crippen MR) is 95.1 cm³/mol. The van der Waals surface area contributed by atoms with E-state index in [1.807, 2.05) is 30.3 Å². The van der Waals surface area contributed by atoms with E-state index in [-0.39, 0.29) is 17.1 Å². The molecule has 3 aromatic rings. The van der Waals surface area contributed by atoms with Gasteiger partial charge in [0.2, 0.25) is 0 Å². The van der Waals surface area contributed by atoms with Crippen LogP contribution in [-0.2, 0) is 5.60 Å². The molecule has 6 heteroatoms. The van der Waals surface area contributed by atoms with Crippen molar-refractivity contribution >= 4 is 38.9 Å². The van der Waals surface area contributed by atoms with Gasteiger partial charge in [0.25, 0.3) is 5.91 Å². The number of carbonyl (C=O) groups excluding carboxylic acids is 1. The predicted octanol–water partition coefficient (Wildman–Crippen LogP) is 4.33. The van der Waals surface area contributed by atoms with Crippen LogP contribution < -0.4 is 5.32 Å². The molecular formula is C18H15ClFNO2S. The number of carbonyl (C=O) groups is 1. The number of hydrogen-bond donors (Lipinski definition) is 2. The van der Waals surface area contributed by atoms with Gasteiger partial charge in [-0.15, -0.1) is 11.3 Å². The van der Waals surface area contributed by atoms with E-state index >= 15 is 0 Å². The fourth-order valence-electron chi connectivity index (χ4n) is 2.39. The van der Waals surface area contributed by atoms with E-state index in [0.29, 0.717) is 0 Å². The minimum atomic E-state index is -1.27. The smallest absolute Gasteiger partial charge is 0.255 e. The highest BCUT2D eigenvalue weighted by atomic mass is 35.5. The summed E-state index contributed by atoms with van der Waals surface area (Å²) in [4.78, 5) is 12.9. The van der Waals surface area contributed by atoms with Crippen molar-refractivity contribution < 1.29 is 14.3 Å². The van der Waals surface area contributed by atoms with Crippen molar-refractivity contribution in [1.29, 1.82) is 0 Å². The van der Waals surface area contributed by atoms with Crippen LogP contribution in [0.2, 0.25) is 5.02 Å². The maximum absolute atomic E-state index is 13.8. The monoisotopic (exact) mass is 363 g/mol. The molecule has 124 valence electrons. The minimum Gasteiger partial charge on any atom is -0.383 e. The van der Waals surface area contributed by atoms with Gasteiger partial charge in [0, 0.05) is 9.58 Å². The average molecular weight is 364 g/mol. The maximum Gasteiger partial charge on any atom is 0.255 e. The van der Waals surface area contributed by atoms with Gasteiger partial charge in [-0.3, -0.25) is 4.79 Å². The number of amides is 1. The van der Waals surface area contributed by atoms with Crippen molar-refractivity contribution in [2.24, 2.45) is 0 Å². The first kappa shape index (κ1) is 16.9. The molecule has 2 N–H and O–H groups in total. The fraction of sp³-hybridized carbons (Fsp3) is 0.167. The van der Waals surface area contributed by atoms with Crippen LogP contribution in [-0.4, -0.2) is 17.6 Å². The Morgan fingerprint density at radius 2 is 2.04 bits per heavy atom. The highest BCUT2D eigenvalue weighted by molar-refractivity contribution is 7.19. The Morgan fingerprint density at radius 1 is 1.29 bits per heavy atom. The molecule has 0 aliphatic heterocycles. The van der Waals surface area contributed by atoms with E-state index in [0.717, 1.165) is 15.0 Å². The molecule has 0 aliphatic carbocycles. The molecule has 0 unspecified atom stereocenters. The standard InChI is InChI=1S/C18H15ClFNO2S/c1-18(23,15-9-11-5-2-3-8-14(11)24-15)10-21-17(22)16-12(19)6-4-7-13(16)20/h2-9,23H,10H2,1H3,(H,21,22)/t18-/m0/s1. The van der Waals surface area contributed by atoms with Crippen molar-refractivity contribution in [2.45, 2.75) is 12.5 Å². The Balaban J connectivity index is 1.78. The number of halogens is 2. The lowest BCUT2D eigenvalue weighted by atomic mass is 10.0. The summed E-state index contributed by atoms with van der Waals surface area (Å²) in [6, 6.07) is 13.7. The second kappa shape index (κ2) is 6.51. The van der Waals surface area contributed by atoms with E-state index < -0.39 is 17.3 Å². The van der Waals surface area contributed by atoms with Gasteiger partial charge in [-0.05, 0) is 36.6 Å². The third-order valence-corrected chi connectivity index (χ3v) is 5.42. The summed E-state index contributed by atoms with van der Waals surface area (Å²) in [5, 5.41) is 14.3. The number of hydrogen-bond acceptors (Lipinski definition) is 3.